The summed E-state index contributed by atoms with van der Waals surface area (Å²) in [6, 6.07) is 7.43. The van der Waals surface area contributed by atoms with Crippen molar-refractivity contribution in [2.45, 2.75) is 19.4 Å². The van der Waals surface area contributed by atoms with Crippen LogP contribution >= 0.6 is 27.3 Å². The number of amides is 1. The summed E-state index contributed by atoms with van der Waals surface area (Å²) >= 11 is 5.07. The molecule has 28 heavy (non-hydrogen) atoms. The Kier molecular flexibility index (Phi) is 5.59. The first-order valence-electron chi connectivity index (χ1n) is 8.83. The van der Waals surface area contributed by atoms with E-state index in [1.807, 2.05) is 36.6 Å². The molecule has 1 aliphatic rings. The average Bonchev–Trinajstić information content (AvgIpc) is 3.16. The van der Waals surface area contributed by atoms with Gasteiger partial charge in [0.25, 0.3) is 0 Å². The number of carbonyl (C=O) groups excluding carboxylic acids is 1. The van der Waals surface area contributed by atoms with Gasteiger partial charge in [-0.2, -0.15) is 0 Å². The molecule has 1 aromatic carbocycles. The van der Waals surface area contributed by atoms with Crippen LogP contribution in [0.25, 0.3) is 10.6 Å². The van der Waals surface area contributed by atoms with Crippen LogP contribution in [0.15, 0.2) is 46.5 Å². The molecule has 6 nitrogen and oxygen atoms in total. The summed E-state index contributed by atoms with van der Waals surface area (Å²) in [6.45, 7) is 3.01. The molecule has 2 aromatic heterocycles. The number of fused-ring (bicyclic) bond motifs is 1. The minimum Gasteiger partial charge on any atom is -0.486 e. The number of rotatable bonds is 5. The Hall–Kier alpha value is -2.45. The largest absolute Gasteiger partial charge is 0.486 e. The predicted octanol–water partition coefficient (Wildman–Crippen LogP) is 4.16. The lowest BCUT2D eigenvalue weighted by atomic mass is 10.1. The number of halogens is 1. The first-order chi connectivity index (χ1) is 13.6. The molecule has 1 unspecified atom stereocenters. The first kappa shape index (κ1) is 18.9. The van der Waals surface area contributed by atoms with Crippen molar-refractivity contribution < 1.29 is 14.3 Å². The zero-order chi connectivity index (χ0) is 19.5. The van der Waals surface area contributed by atoms with Gasteiger partial charge in [0.2, 0.25) is 5.91 Å². The summed E-state index contributed by atoms with van der Waals surface area (Å²) in [6.07, 6.45) is 3.72. The number of hydrogen-bond acceptors (Lipinski definition) is 6. The van der Waals surface area contributed by atoms with Crippen molar-refractivity contribution in [1.82, 2.24) is 15.3 Å². The third kappa shape index (κ3) is 4.18. The van der Waals surface area contributed by atoms with Crippen LogP contribution in [0.4, 0.5) is 0 Å². The Labute approximate surface area is 175 Å². The zero-order valence-corrected chi connectivity index (χ0v) is 17.5. The molecule has 0 spiro atoms. The fourth-order valence-corrected chi connectivity index (χ4v) is 4.43. The Morgan fingerprint density at radius 2 is 2.11 bits per heavy atom. The van der Waals surface area contributed by atoms with E-state index in [4.69, 9.17) is 9.47 Å². The minimum absolute atomic E-state index is 0.0858. The van der Waals surface area contributed by atoms with Gasteiger partial charge in [-0.05, 0) is 36.8 Å². The molecule has 0 saturated heterocycles. The van der Waals surface area contributed by atoms with Crippen molar-refractivity contribution in [2.75, 3.05) is 13.2 Å². The SMILES string of the molecule is CC(NC(=O)Cc1csc(-c2cccnc2)n1)c1cc2c(cc1Br)OCCO2. The number of nitrogens with zero attached hydrogens (tertiary/aromatic N) is 2. The highest BCUT2D eigenvalue weighted by atomic mass is 79.9. The van der Waals surface area contributed by atoms with E-state index in [-0.39, 0.29) is 18.4 Å². The van der Waals surface area contributed by atoms with Crippen molar-refractivity contribution in [2.24, 2.45) is 0 Å². The van der Waals surface area contributed by atoms with Gasteiger partial charge in [0.15, 0.2) is 11.5 Å². The van der Waals surface area contributed by atoms with Gasteiger partial charge in [0.1, 0.15) is 18.2 Å². The molecular weight excluding hydrogens is 442 g/mol. The van der Waals surface area contributed by atoms with E-state index >= 15 is 0 Å². The summed E-state index contributed by atoms with van der Waals surface area (Å²) < 4.78 is 12.1. The standard InChI is InChI=1S/C20H18BrN3O3S/c1-12(15-8-17-18(9-16(15)21)27-6-5-26-17)23-19(25)7-14-11-28-20(24-14)13-3-2-4-22-10-13/h2-4,8-12H,5-7H2,1H3,(H,23,25). The van der Waals surface area contributed by atoms with E-state index in [1.165, 1.54) is 11.3 Å². The number of ether oxygens (including phenoxy) is 2. The van der Waals surface area contributed by atoms with E-state index < -0.39 is 0 Å². The van der Waals surface area contributed by atoms with Crippen molar-refractivity contribution in [3.05, 3.63) is 57.8 Å². The third-order valence-electron chi connectivity index (χ3n) is 4.31. The first-order valence-corrected chi connectivity index (χ1v) is 10.5. The Morgan fingerprint density at radius 1 is 1.32 bits per heavy atom. The fourth-order valence-electron chi connectivity index (χ4n) is 2.96. The number of pyridine rings is 1. The third-order valence-corrected chi connectivity index (χ3v) is 5.93. The quantitative estimate of drug-likeness (QED) is 0.619. The molecule has 0 aliphatic carbocycles. The van der Waals surface area contributed by atoms with Gasteiger partial charge in [0, 0.05) is 27.8 Å². The lowest BCUT2D eigenvalue weighted by molar-refractivity contribution is -0.121. The topological polar surface area (TPSA) is 73.3 Å². The smallest absolute Gasteiger partial charge is 0.226 e. The Morgan fingerprint density at radius 3 is 2.86 bits per heavy atom. The van der Waals surface area contributed by atoms with Gasteiger partial charge < -0.3 is 14.8 Å². The molecule has 1 aliphatic heterocycles. The van der Waals surface area contributed by atoms with Crippen molar-refractivity contribution in [3.8, 4) is 22.1 Å². The van der Waals surface area contributed by atoms with E-state index in [0.717, 1.165) is 26.3 Å². The van der Waals surface area contributed by atoms with Gasteiger partial charge in [-0.1, -0.05) is 15.9 Å². The summed E-state index contributed by atoms with van der Waals surface area (Å²) in [4.78, 5) is 21.2. The number of carbonyl (C=O) groups is 1. The van der Waals surface area contributed by atoms with Gasteiger partial charge >= 0.3 is 0 Å². The monoisotopic (exact) mass is 459 g/mol. The second-order valence-corrected chi connectivity index (χ2v) is 8.08. The summed E-state index contributed by atoms with van der Waals surface area (Å²) in [5, 5.41) is 5.80. The van der Waals surface area contributed by atoms with Crippen LogP contribution in [0, 0.1) is 0 Å². The molecule has 3 heterocycles. The van der Waals surface area contributed by atoms with Gasteiger partial charge in [0.05, 0.1) is 18.2 Å². The molecule has 0 saturated carbocycles. The number of benzene rings is 1. The minimum atomic E-state index is -0.186. The van der Waals surface area contributed by atoms with Crippen LogP contribution in [0.5, 0.6) is 11.5 Å². The molecule has 0 fully saturated rings. The summed E-state index contributed by atoms with van der Waals surface area (Å²) in [5.74, 6) is 1.33. The summed E-state index contributed by atoms with van der Waals surface area (Å²) in [7, 11) is 0. The van der Waals surface area contributed by atoms with Crippen LogP contribution in [-0.4, -0.2) is 29.1 Å². The van der Waals surface area contributed by atoms with Gasteiger partial charge in [-0.25, -0.2) is 4.98 Å². The van der Waals surface area contributed by atoms with Gasteiger partial charge in [-0.15, -0.1) is 11.3 Å². The van der Waals surface area contributed by atoms with E-state index in [0.29, 0.717) is 24.7 Å². The van der Waals surface area contributed by atoms with Crippen LogP contribution in [0.3, 0.4) is 0 Å². The number of thiazole rings is 1. The number of aromatic nitrogens is 2. The van der Waals surface area contributed by atoms with Crippen LogP contribution in [0.2, 0.25) is 0 Å². The maximum atomic E-state index is 12.5. The Balaban J connectivity index is 1.42. The molecular formula is C20H18BrN3O3S. The highest BCUT2D eigenvalue weighted by Crippen LogP contribution is 2.37. The van der Waals surface area contributed by atoms with Gasteiger partial charge in [-0.3, -0.25) is 9.78 Å². The molecule has 0 radical (unpaired) electrons. The molecule has 1 amide bonds. The zero-order valence-electron chi connectivity index (χ0n) is 15.1. The van der Waals surface area contributed by atoms with E-state index in [9.17, 15) is 4.79 Å². The lowest BCUT2D eigenvalue weighted by Crippen LogP contribution is -2.28. The van der Waals surface area contributed by atoms with E-state index in [1.54, 1.807) is 12.4 Å². The van der Waals surface area contributed by atoms with Crippen LogP contribution < -0.4 is 14.8 Å². The van der Waals surface area contributed by atoms with Crippen LogP contribution in [-0.2, 0) is 11.2 Å². The van der Waals surface area contributed by atoms with Crippen LogP contribution in [0.1, 0.15) is 24.2 Å². The summed E-state index contributed by atoms with van der Waals surface area (Å²) in [5.41, 5.74) is 2.63. The molecule has 8 heteroatoms. The molecule has 3 aromatic rings. The second-order valence-electron chi connectivity index (χ2n) is 6.37. The second kappa shape index (κ2) is 8.28. The van der Waals surface area contributed by atoms with Crippen molar-refractivity contribution in [3.63, 3.8) is 0 Å². The fraction of sp³-hybridized carbons (Fsp3) is 0.250. The highest BCUT2D eigenvalue weighted by Gasteiger charge is 2.19. The normalized spacial score (nSPS) is 13.8. The predicted molar refractivity (Wildman–Crippen MR) is 111 cm³/mol. The molecule has 1 atom stereocenters. The molecule has 4 rings (SSSR count). The maximum Gasteiger partial charge on any atom is 0.226 e. The number of hydrogen-bond donors (Lipinski definition) is 1. The number of nitrogens with one attached hydrogen (secondary N) is 1. The molecule has 144 valence electrons. The van der Waals surface area contributed by atoms with Crippen molar-refractivity contribution in [1.29, 1.82) is 0 Å². The van der Waals surface area contributed by atoms with Crippen molar-refractivity contribution >= 4 is 33.2 Å². The van der Waals surface area contributed by atoms with E-state index in [2.05, 4.69) is 31.2 Å². The molecule has 0 bridgehead atoms. The average molecular weight is 460 g/mol. The highest BCUT2D eigenvalue weighted by molar-refractivity contribution is 9.10. The molecule has 1 N–H and O–H groups in total. The maximum absolute atomic E-state index is 12.5. The lowest BCUT2D eigenvalue weighted by Gasteiger charge is -2.22. The Bertz CT molecular complexity index is 994.